The molecule has 2 aromatic rings. The molecular formula is C17H24N2O2+2. The lowest BCUT2D eigenvalue weighted by Crippen LogP contribution is -3.27. The molecule has 0 radical (unpaired) electrons. The standard InChI is InChI=1S/C17H22N2O2/c1-20-17-7-3-2-5-15(17)13-18-8-10-19(11-9-18)14-16-6-4-12-21-16/h2-7,12H,8-11,13-14H2,1H3/p+2. The molecular weight excluding hydrogens is 264 g/mol. The van der Waals surface area contributed by atoms with Gasteiger partial charge in [-0.3, -0.25) is 0 Å². The summed E-state index contributed by atoms with van der Waals surface area (Å²) in [7, 11) is 1.75. The third-order valence-electron chi connectivity index (χ3n) is 4.30. The lowest BCUT2D eigenvalue weighted by atomic mass is 10.1. The summed E-state index contributed by atoms with van der Waals surface area (Å²) in [6, 6.07) is 12.4. The highest BCUT2D eigenvalue weighted by molar-refractivity contribution is 5.32. The average molecular weight is 288 g/mol. The summed E-state index contributed by atoms with van der Waals surface area (Å²) in [6.45, 7) is 6.87. The molecule has 0 atom stereocenters. The minimum Gasteiger partial charge on any atom is -0.496 e. The quantitative estimate of drug-likeness (QED) is 0.796. The highest BCUT2D eigenvalue weighted by Crippen LogP contribution is 2.15. The summed E-state index contributed by atoms with van der Waals surface area (Å²) in [6.07, 6.45) is 1.76. The summed E-state index contributed by atoms with van der Waals surface area (Å²) < 4.78 is 10.9. The summed E-state index contributed by atoms with van der Waals surface area (Å²) in [5.41, 5.74) is 1.31. The minimum absolute atomic E-state index is 1.01. The van der Waals surface area contributed by atoms with E-state index in [0.717, 1.165) is 24.6 Å². The van der Waals surface area contributed by atoms with Gasteiger partial charge in [0.15, 0.2) is 5.76 Å². The largest absolute Gasteiger partial charge is 0.496 e. The van der Waals surface area contributed by atoms with Gasteiger partial charge in [0.05, 0.1) is 13.4 Å². The molecule has 4 heteroatoms. The molecule has 1 saturated heterocycles. The Balaban J connectivity index is 1.51. The van der Waals surface area contributed by atoms with E-state index in [1.165, 1.54) is 31.7 Å². The number of piperazine rings is 1. The van der Waals surface area contributed by atoms with Crippen LogP contribution in [-0.2, 0) is 13.1 Å². The van der Waals surface area contributed by atoms with Crippen molar-refractivity contribution in [3.05, 3.63) is 54.0 Å². The van der Waals surface area contributed by atoms with Gasteiger partial charge in [-0.25, -0.2) is 0 Å². The molecule has 1 aromatic carbocycles. The van der Waals surface area contributed by atoms with E-state index in [1.807, 2.05) is 18.2 Å². The second-order valence-corrected chi connectivity index (χ2v) is 5.74. The van der Waals surface area contributed by atoms with Gasteiger partial charge in [-0.2, -0.15) is 0 Å². The summed E-state index contributed by atoms with van der Waals surface area (Å²) in [5.74, 6) is 2.11. The Labute approximate surface area is 125 Å². The van der Waals surface area contributed by atoms with Crippen molar-refractivity contribution in [1.29, 1.82) is 0 Å². The number of methoxy groups -OCH3 is 1. The highest BCUT2D eigenvalue weighted by atomic mass is 16.5. The first-order chi connectivity index (χ1) is 10.3. The summed E-state index contributed by atoms with van der Waals surface area (Å²) in [5, 5.41) is 0. The van der Waals surface area contributed by atoms with Gasteiger partial charge in [-0.1, -0.05) is 12.1 Å². The first-order valence-electron chi connectivity index (χ1n) is 7.66. The number of quaternary nitrogens is 2. The molecule has 0 amide bonds. The number of para-hydroxylation sites is 1. The smallest absolute Gasteiger partial charge is 0.157 e. The fraction of sp³-hybridized carbons (Fsp3) is 0.412. The Bertz CT molecular complexity index is 546. The lowest BCUT2D eigenvalue weighted by molar-refractivity contribution is -1.02. The van der Waals surface area contributed by atoms with Crippen LogP contribution in [0.2, 0.25) is 0 Å². The fourth-order valence-corrected chi connectivity index (χ4v) is 3.09. The first kappa shape index (κ1) is 14.2. The Kier molecular flexibility index (Phi) is 4.58. The Hall–Kier alpha value is -1.78. The van der Waals surface area contributed by atoms with Crippen molar-refractivity contribution in [1.82, 2.24) is 0 Å². The zero-order valence-corrected chi connectivity index (χ0v) is 12.6. The number of ether oxygens (including phenoxy) is 1. The van der Waals surface area contributed by atoms with Gasteiger partial charge in [-0.15, -0.1) is 0 Å². The Morgan fingerprint density at radius 3 is 2.33 bits per heavy atom. The van der Waals surface area contributed by atoms with Gasteiger partial charge in [0, 0.05) is 5.56 Å². The molecule has 0 unspecified atom stereocenters. The Morgan fingerprint density at radius 2 is 1.67 bits per heavy atom. The van der Waals surface area contributed by atoms with Gasteiger partial charge in [0.25, 0.3) is 0 Å². The van der Waals surface area contributed by atoms with Gasteiger partial charge < -0.3 is 19.0 Å². The molecule has 0 saturated carbocycles. The molecule has 21 heavy (non-hydrogen) atoms. The number of hydrogen-bond acceptors (Lipinski definition) is 2. The van der Waals surface area contributed by atoms with Gasteiger partial charge >= 0.3 is 0 Å². The van der Waals surface area contributed by atoms with E-state index in [-0.39, 0.29) is 0 Å². The number of furan rings is 1. The maximum atomic E-state index is 5.45. The average Bonchev–Trinajstić information content (AvgIpc) is 3.03. The van der Waals surface area contributed by atoms with Crippen LogP contribution < -0.4 is 14.5 Å². The molecule has 0 spiro atoms. The summed E-state index contributed by atoms with van der Waals surface area (Å²) in [4.78, 5) is 3.26. The Morgan fingerprint density at radius 1 is 0.952 bits per heavy atom. The number of benzene rings is 1. The van der Waals surface area contributed by atoms with E-state index in [1.54, 1.807) is 23.2 Å². The molecule has 2 N–H and O–H groups in total. The van der Waals surface area contributed by atoms with Crippen molar-refractivity contribution in [3.8, 4) is 5.75 Å². The van der Waals surface area contributed by atoms with E-state index in [4.69, 9.17) is 9.15 Å². The van der Waals surface area contributed by atoms with E-state index >= 15 is 0 Å². The van der Waals surface area contributed by atoms with Crippen LogP contribution in [0.1, 0.15) is 11.3 Å². The number of nitrogens with one attached hydrogen (secondary N) is 2. The highest BCUT2D eigenvalue weighted by Gasteiger charge is 2.24. The SMILES string of the molecule is COc1ccccc1C[NH+]1CC[NH+](Cc2ccco2)CC1. The zero-order valence-electron chi connectivity index (χ0n) is 12.6. The van der Waals surface area contributed by atoms with Crippen LogP contribution in [0.15, 0.2) is 47.1 Å². The molecule has 0 bridgehead atoms. The maximum absolute atomic E-state index is 5.45. The van der Waals surface area contributed by atoms with Gasteiger partial charge in [-0.05, 0) is 24.3 Å². The van der Waals surface area contributed by atoms with Crippen LogP contribution in [0.3, 0.4) is 0 Å². The van der Waals surface area contributed by atoms with Crippen LogP contribution >= 0.6 is 0 Å². The monoisotopic (exact) mass is 288 g/mol. The van der Waals surface area contributed by atoms with E-state index in [2.05, 4.69) is 18.2 Å². The van der Waals surface area contributed by atoms with Crippen LogP contribution in [0, 0.1) is 0 Å². The first-order valence-corrected chi connectivity index (χ1v) is 7.66. The van der Waals surface area contributed by atoms with Crippen molar-refractivity contribution >= 4 is 0 Å². The van der Waals surface area contributed by atoms with Crippen LogP contribution in [-0.4, -0.2) is 33.3 Å². The van der Waals surface area contributed by atoms with Crippen molar-refractivity contribution in [2.24, 2.45) is 0 Å². The normalized spacial score (nSPS) is 22.1. The molecule has 0 aliphatic carbocycles. The van der Waals surface area contributed by atoms with E-state index in [9.17, 15) is 0 Å². The summed E-state index contributed by atoms with van der Waals surface area (Å²) >= 11 is 0. The molecule has 1 aromatic heterocycles. The molecule has 1 aliphatic heterocycles. The third-order valence-corrected chi connectivity index (χ3v) is 4.30. The number of hydrogen-bond donors (Lipinski definition) is 2. The van der Waals surface area contributed by atoms with Crippen molar-refractivity contribution in [2.45, 2.75) is 13.1 Å². The topological polar surface area (TPSA) is 31.3 Å². The predicted molar refractivity (Wildman–Crippen MR) is 80.5 cm³/mol. The van der Waals surface area contributed by atoms with Crippen LogP contribution in [0.25, 0.3) is 0 Å². The van der Waals surface area contributed by atoms with Crippen molar-refractivity contribution in [2.75, 3.05) is 33.3 Å². The second kappa shape index (κ2) is 6.78. The van der Waals surface area contributed by atoms with Crippen molar-refractivity contribution < 1.29 is 19.0 Å². The molecule has 3 rings (SSSR count). The van der Waals surface area contributed by atoms with Crippen LogP contribution in [0.5, 0.6) is 5.75 Å². The molecule has 2 heterocycles. The maximum Gasteiger partial charge on any atom is 0.157 e. The van der Waals surface area contributed by atoms with E-state index in [0.29, 0.717) is 0 Å². The van der Waals surface area contributed by atoms with Crippen LogP contribution in [0.4, 0.5) is 0 Å². The molecule has 4 nitrogen and oxygen atoms in total. The third kappa shape index (κ3) is 3.65. The van der Waals surface area contributed by atoms with Gasteiger partial charge in [0.1, 0.15) is 45.0 Å². The lowest BCUT2D eigenvalue weighted by Gasteiger charge is -2.29. The van der Waals surface area contributed by atoms with Gasteiger partial charge in [0.2, 0.25) is 0 Å². The number of rotatable bonds is 5. The second-order valence-electron chi connectivity index (χ2n) is 5.74. The predicted octanol–water partition coefficient (Wildman–Crippen LogP) is -0.228. The molecule has 1 aliphatic rings. The molecule has 1 fully saturated rings. The molecule has 112 valence electrons. The fourth-order valence-electron chi connectivity index (χ4n) is 3.09. The van der Waals surface area contributed by atoms with Crippen molar-refractivity contribution in [3.63, 3.8) is 0 Å². The van der Waals surface area contributed by atoms with E-state index < -0.39 is 0 Å². The zero-order chi connectivity index (χ0) is 14.5. The minimum atomic E-state index is 1.01.